The summed E-state index contributed by atoms with van der Waals surface area (Å²) in [5, 5.41) is 3.43. The molecule has 84 valence electrons. The minimum atomic E-state index is 0.466. The lowest BCUT2D eigenvalue weighted by Crippen LogP contribution is -2.27. The average molecular weight is 336 g/mol. The molecule has 2 nitrogen and oxygen atoms in total. The second-order valence-corrected chi connectivity index (χ2v) is 5.47. The van der Waals surface area contributed by atoms with Crippen molar-refractivity contribution in [2.45, 2.75) is 25.9 Å². The topological polar surface area (TPSA) is 38.0 Å². The first-order chi connectivity index (χ1) is 7.11. The summed E-state index contributed by atoms with van der Waals surface area (Å²) in [6.45, 7) is 3.76. The molecule has 0 aliphatic heterocycles. The molecule has 0 bridgehead atoms. The van der Waals surface area contributed by atoms with E-state index in [9.17, 15) is 0 Å². The summed E-state index contributed by atoms with van der Waals surface area (Å²) in [7, 11) is 0. The highest BCUT2D eigenvalue weighted by atomic mass is 79.9. The molecule has 0 saturated carbocycles. The van der Waals surface area contributed by atoms with E-state index in [2.05, 4.69) is 56.2 Å². The molecule has 1 rings (SSSR count). The van der Waals surface area contributed by atoms with Crippen LogP contribution in [0.4, 0.5) is 0 Å². The van der Waals surface area contributed by atoms with Gasteiger partial charge in [0.15, 0.2) is 0 Å². The molecule has 0 aliphatic rings. The summed E-state index contributed by atoms with van der Waals surface area (Å²) in [6.07, 6.45) is 1.01. The number of benzene rings is 1. The van der Waals surface area contributed by atoms with Crippen molar-refractivity contribution in [3.8, 4) is 0 Å². The van der Waals surface area contributed by atoms with E-state index in [-0.39, 0.29) is 0 Å². The summed E-state index contributed by atoms with van der Waals surface area (Å²) in [5.74, 6) is 0. The monoisotopic (exact) mass is 334 g/mol. The van der Waals surface area contributed by atoms with Gasteiger partial charge >= 0.3 is 0 Å². The van der Waals surface area contributed by atoms with Crippen molar-refractivity contribution in [1.82, 2.24) is 5.32 Å². The molecule has 0 spiro atoms. The molecular weight excluding hydrogens is 320 g/mol. The molecule has 0 saturated heterocycles. The highest BCUT2D eigenvalue weighted by Gasteiger charge is 2.01. The van der Waals surface area contributed by atoms with Crippen molar-refractivity contribution in [3.63, 3.8) is 0 Å². The third-order valence-corrected chi connectivity index (χ3v) is 3.09. The number of hydrogen-bond acceptors (Lipinski definition) is 2. The van der Waals surface area contributed by atoms with Crippen molar-refractivity contribution in [3.05, 3.63) is 32.7 Å². The van der Waals surface area contributed by atoms with Crippen molar-refractivity contribution >= 4 is 31.9 Å². The van der Waals surface area contributed by atoms with Crippen LogP contribution >= 0.6 is 31.9 Å². The number of halogens is 2. The standard InChI is InChI=1S/C11H16Br2N2/c1-8(2-3-14)15-7-9-4-10(12)6-11(13)5-9/h4-6,8,15H,2-3,7,14H2,1H3. The molecule has 3 N–H and O–H groups in total. The zero-order valence-electron chi connectivity index (χ0n) is 8.76. The zero-order chi connectivity index (χ0) is 11.3. The Kier molecular flexibility index (Phi) is 5.82. The molecule has 0 amide bonds. The van der Waals surface area contributed by atoms with Gasteiger partial charge in [-0.25, -0.2) is 0 Å². The van der Waals surface area contributed by atoms with E-state index < -0.39 is 0 Å². The van der Waals surface area contributed by atoms with Crippen LogP contribution in [0.25, 0.3) is 0 Å². The number of nitrogens with one attached hydrogen (secondary N) is 1. The molecule has 0 radical (unpaired) electrons. The number of hydrogen-bond donors (Lipinski definition) is 2. The summed E-state index contributed by atoms with van der Waals surface area (Å²) in [4.78, 5) is 0. The van der Waals surface area contributed by atoms with Crippen LogP contribution in [0.5, 0.6) is 0 Å². The smallest absolute Gasteiger partial charge is 0.0208 e. The lowest BCUT2D eigenvalue weighted by atomic mass is 10.2. The Morgan fingerprint density at radius 1 is 1.27 bits per heavy atom. The number of nitrogens with two attached hydrogens (primary N) is 1. The van der Waals surface area contributed by atoms with Gasteiger partial charge in [-0.2, -0.15) is 0 Å². The maximum atomic E-state index is 5.49. The van der Waals surface area contributed by atoms with Crippen LogP contribution in [0.3, 0.4) is 0 Å². The molecule has 0 fully saturated rings. The van der Waals surface area contributed by atoms with Gasteiger partial charge in [0, 0.05) is 21.5 Å². The predicted molar refractivity (Wildman–Crippen MR) is 71.8 cm³/mol. The third kappa shape index (κ3) is 5.11. The Hall–Kier alpha value is 0.1000. The SMILES string of the molecule is CC(CCN)NCc1cc(Br)cc(Br)c1. The van der Waals surface area contributed by atoms with Crippen molar-refractivity contribution in [2.75, 3.05) is 6.54 Å². The summed E-state index contributed by atoms with van der Waals surface area (Å²) in [6, 6.07) is 6.74. The minimum absolute atomic E-state index is 0.466. The van der Waals surface area contributed by atoms with Crippen molar-refractivity contribution in [1.29, 1.82) is 0 Å². The lowest BCUT2D eigenvalue weighted by Gasteiger charge is -2.12. The van der Waals surface area contributed by atoms with E-state index in [0.717, 1.165) is 28.5 Å². The first-order valence-corrected chi connectivity index (χ1v) is 6.59. The molecular formula is C11H16Br2N2. The van der Waals surface area contributed by atoms with Gasteiger partial charge in [0.05, 0.1) is 0 Å². The second kappa shape index (κ2) is 6.63. The van der Waals surface area contributed by atoms with E-state index in [1.165, 1.54) is 5.56 Å². The highest BCUT2D eigenvalue weighted by molar-refractivity contribution is 9.11. The second-order valence-electron chi connectivity index (χ2n) is 3.64. The van der Waals surface area contributed by atoms with Crippen LogP contribution in [-0.4, -0.2) is 12.6 Å². The van der Waals surface area contributed by atoms with Crippen LogP contribution in [-0.2, 0) is 6.54 Å². The minimum Gasteiger partial charge on any atom is -0.330 e. The van der Waals surface area contributed by atoms with Crippen LogP contribution in [0, 0.1) is 0 Å². The molecule has 15 heavy (non-hydrogen) atoms. The Bertz CT molecular complexity index is 295. The Morgan fingerprint density at radius 2 is 1.87 bits per heavy atom. The van der Waals surface area contributed by atoms with Gasteiger partial charge in [0.1, 0.15) is 0 Å². The van der Waals surface area contributed by atoms with Gasteiger partial charge < -0.3 is 11.1 Å². The van der Waals surface area contributed by atoms with E-state index in [4.69, 9.17) is 5.73 Å². The summed E-state index contributed by atoms with van der Waals surface area (Å²) < 4.78 is 2.19. The highest BCUT2D eigenvalue weighted by Crippen LogP contribution is 2.20. The normalized spacial score (nSPS) is 12.8. The van der Waals surface area contributed by atoms with E-state index >= 15 is 0 Å². The third-order valence-electron chi connectivity index (χ3n) is 2.18. The molecule has 1 aromatic carbocycles. The van der Waals surface area contributed by atoms with Crippen molar-refractivity contribution in [2.24, 2.45) is 5.73 Å². The summed E-state index contributed by atoms with van der Waals surface area (Å²) >= 11 is 6.95. The molecule has 4 heteroatoms. The molecule has 0 heterocycles. The fourth-order valence-corrected chi connectivity index (χ4v) is 2.75. The Balaban J connectivity index is 2.50. The largest absolute Gasteiger partial charge is 0.330 e. The van der Waals surface area contributed by atoms with E-state index in [1.807, 2.05) is 6.07 Å². The van der Waals surface area contributed by atoms with Crippen LogP contribution < -0.4 is 11.1 Å². The van der Waals surface area contributed by atoms with Crippen LogP contribution in [0.2, 0.25) is 0 Å². The van der Waals surface area contributed by atoms with Gasteiger partial charge in [-0.05, 0) is 43.7 Å². The van der Waals surface area contributed by atoms with E-state index in [0.29, 0.717) is 6.04 Å². The fourth-order valence-electron chi connectivity index (χ4n) is 1.36. The maximum Gasteiger partial charge on any atom is 0.0208 e. The van der Waals surface area contributed by atoms with Gasteiger partial charge in [0.25, 0.3) is 0 Å². The zero-order valence-corrected chi connectivity index (χ0v) is 11.9. The molecule has 0 aromatic heterocycles. The lowest BCUT2D eigenvalue weighted by molar-refractivity contribution is 0.519. The van der Waals surface area contributed by atoms with Gasteiger partial charge in [-0.1, -0.05) is 31.9 Å². The number of rotatable bonds is 5. The molecule has 1 atom stereocenters. The fraction of sp³-hybridized carbons (Fsp3) is 0.455. The van der Waals surface area contributed by atoms with Crippen LogP contribution in [0.1, 0.15) is 18.9 Å². The summed E-state index contributed by atoms with van der Waals surface area (Å²) in [5.41, 5.74) is 6.76. The first kappa shape index (κ1) is 13.2. The quantitative estimate of drug-likeness (QED) is 0.868. The van der Waals surface area contributed by atoms with Gasteiger partial charge in [-0.3, -0.25) is 0 Å². The van der Waals surface area contributed by atoms with Crippen molar-refractivity contribution < 1.29 is 0 Å². The molecule has 1 aromatic rings. The Labute approximate surface area is 108 Å². The Morgan fingerprint density at radius 3 is 2.40 bits per heavy atom. The average Bonchev–Trinajstić information content (AvgIpc) is 2.14. The molecule has 1 unspecified atom stereocenters. The van der Waals surface area contributed by atoms with Gasteiger partial charge in [0.2, 0.25) is 0 Å². The maximum absolute atomic E-state index is 5.49. The van der Waals surface area contributed by atoms with E-state index in [1.54, 1.807) is 0 Å². The van der Waals surface area contributed by atoms with Crippen LogP contribution in [0.15, 0.2) is 27.1 Å². The first-order valence-electron chi connectivity index (χ1n) is 5.00. The van der Waals surface area contributed by atoms with Gasteiger partial charge in [-0.15, -0.1) is 0 Å². The molecule has 0 aliphatic carbocycles. The predicted octanol–water partition coefficient (Wildman–Crippen LogP) is 3.04.